The number of amides is 1. The molecule has 2 aromatic rings. The molecule has 20 heavy (non-hydrogen) atoms. The number of benzene rings is 1. The van der Waals surface area contributed by atoms with Crippen molar-refractivity contribution in [3.63, 3.8) is 0 Å². The number of aryl methyl sites for hydroxylation is 1. The van der Waals surface area contributed by atoms with E-state index in [-0.39, 0.29) is 11.7 Å². The van der Waals surface area contributed by atoms with Gasteiger partial charge < -0.3 is 16.3 Å². The molecule has 0 aliphatic heterocycles. The number of hydrogen-bond acceptors (Lipinski definition) is 4. The van der Waals surface area contributed by atoms with Crippen LogP contribution in [-0.2, 0) is 7.05 Å². The van der Waals surface area contributed by atoms with Gasteiger partial charge in [0, 0.05) is 17.6 Å². The molecule has 0 aliphatic carbocycles. The molecule has 104 valence electrons. The van der Waals surface area contributed by atoms with Gasteiger partial charge in [0.2, 0.25) is 0 Å². The van der Waals surface area contributed by atoms with E-state index >= 15 is 0 Å². The molecule has 0 spiro atoms. The van der Waals surface area contributed by atoms with E-state index in [1.165, 1.54) is 16.9 Å². The van der Waals surface area contributed by atoms with Crippen LogP contribution in [0.25, 0.3) is 0 Å². The van der Waals surface area contributed by atoms with Crippen LogP contribution < -0.4 is 11.1 Å². The summed E-state index contributed by atoms with van der Waals surface area (Å²) in [6.07, 6.45) is 1.39. The summed E-state index contributed by atoms with van der Waals surface area (Å²) in [6, 6.07) is 6.51. The number of rotatable bonds is 3. The summed E-state index contributed by atoms with van der Waals surface area (Å²) in [5, 5.41) is 18.7. The zero-order chi connectivity index (χ0) is 14.7. The van der Waals surface area contributed by atoms with Crippen molar-refractivity contribution in [2.24, 2.45) is 17.9 Å². The number of halogens is 1. The highest BCUT2D eigenvalue weighted by molar-refractivity contribution is 6.31. The minimum Gasteiger partial charge on any atom is -0.409 e. The molecule has 0 fully saturated rings. The smallest absolute Gasteiger partial charge is 0.256 e. The van der Waals surface area contributed by atoms with E-state index in [0.29, 0.717) is 22.0 Å². The van der Waals surface area contributed by atoms with Crippen LogP contribution in [0.4, 0.5) is 5.82 Å². The van der Waals surface area contributed by atoms with Crippen molar-refractivity contribution in [2.75, 3.05) is 5.32 Å². The topological polar surface area (TPSA) is 106 Å². The third-order valence-corrected chi connectivity index (χ3v) is 2.88. The standard InChI is InChI=1S/C12H12ClN5O2/c1-18-11(9(6-15-18)10(14)17-20)16-12(19)7-3-2-4-8(13)5-7/h2-6,20H,1H3,(H2,14,17)(H,16,19). The Bertz CT molecular complexity index is 680. The van der Waals surface area contributed by atoms with Gasteiger partial charge in [-0.3, -0.25) is 9.48 Å². The average molecular weight is 294 g/mol. The normalized spacial score (nSPS) is 11.4. The largest absolute Gasteiger partial charge is 0.409 e. The van der Waals surface area contributed by atoms with Crippen LogP contribution in [0.15, 0.2) is 35.6 Å². The van der Waals surface area contributed by atoms with Crippen LogP contribution in [0, 0.1) is 0 Å². The molecular weight excluding hydrogens is 282 g/mol. The Kier molecular flexibility index (Phi) is 3.90. The van der Waals surface area contributed by atoms with Crippen molar-refractivity contribution < 1.29 is 10.0 Å². The first kappa shape index (κ1) is 13.9. The third-order valence-electron chi connectivity index (χ3n) is 2.64. The lowest BCUT2D eigenvalue weighted by Gasteiger charge is -2.08. The predicted octanol–water partition coefficient (Wildman–Crippen LogP) is 1.42. The molecule has 0 saturated heterocycles. The molecule has 8 heteroatoms. The van der Waals surface area contributed by atoms with Gasteiger partial charge in [0.15, 0.2) is 5.84 Å². The minimum absolute atomic E-state index is 0.139. The maximum atomic E-state index is 12.1. The van der Waals surface area contributed by atoms with Crippen molar-refractivity contribution in [1.29, 1.82) is 0 Å². The predicted molar refractivity (Wildman–Crippen MR) is 75.1 cm³/mol. The molecule has 1 aromatic carbocycles. The highest BCUT2D eigenvalue weighted by Crippen LogP contribution is 2.16. The van der Waals surface area contributed by atoms with E-state index in [1.54, 1.807) is 25.2 Å². The zero-order valence-electron chi connectivity index (χ0n) is 10.5. The average Bonchev–Trinajstić information content (AvgIpc) is 2.79. The monoisotopic (exact) mass is 293 g/mol. The Hall–Kier alpha value is -2.54. The number of nitrogens with two attached hydrogens (primary N) is 1. The minimum atomic E-state index is -0.372. The first-order valence-electron chi connectivity index (χ1n) is 5.59. The summed E-state index contributed by atoms with van der Waals surface area (Å²) in [5.41, 5.74) is 6.24. The summed E-state index contributed by atoms with van der Waals surface area (Å²) < 4.78 is 1.41. The Morgan fingerprint density at radius 3 is 2.95 bits per heavy atom. The lowest BCUT2D eigenvalue weighted by Crippen LogP contribution is -2.20. The third kappa shape index (κ3) is 2.72. The number of oxime groups is 1. The van der Waals surface area contributed by atoms with E-state index < -0.39 is 0 Å². The van der Waals surface area contributed by atoms with E-state index in [4.69, 9.17) is 22.5 Å². The molecule has 2 rings (SSSR count). The second kappa shape index (κ2) is 5.62. The highest BCUT2D eigenvalue weighted by Gasteiger charge is 2.16. The quantitative estimate of drug-likeness (QED) is 0.344. The second-order valence-electron chi connectivity index (χ2n) is 3.98. The fourth-order valence-electron chi connectivity index (χ4n) is 1.64. The number of carbonyl (C=O) groups excluding carboxylic acids is 1. The van der Waals surface area contributed by atoms with Crippen LogP contribution in [-0.4, -0.2) is 26.7 Å². The maximum absolute atomic E-state index is 12.1. The lowest BCUT2D eigenvalue weighted by molar-refractivity contribution is 0.102. The molecule has 0 saturated carbocycles. The molecule has 0 radical (unpaired) electrons. The maximum Gasteiger partial charge on any atom is 0.256 e. The van der Waals surface area contributed by atoms with Gasteiger partial charge in [0.25, 0.3) is 5.91 Å². The summed E-state index contributed by atoms with van der Waals surface area (Å²) >= 11 is 5.84. The van der Waals surface area contributed by atoms with E-state index in [0.717, 1.165) is 0 Å². The van der Waals surface area contributed by atoms with Gasteiger partial charge in [-0.05, 0) is 18.2 Å². The molecule has 1 heterocycles. The first-order chi connectivity index (χ1) is 9.52. The summed E-state index contributed by atoms with van der Waals surface area (Å²) in [4.78, 5) is 12.1. The van der Waals surface area contributed by atoms with E-state index in [2.05, 4.69) is 15.6 Å². The van der Waals surface area contributed by atoms with Crippen molar-refractivity contribution in [3.05, 3.63) is 46.6 Å². The molecule has 1 aromatic heterocycles. The van der Waals surface area contributed by atoms with Crippen LogP contribution in [0.5, 0.6) is 0 Å². The first-order valence-corrected chi connectivity index (χ1v) is 5.97. The van der Waals surface area contributed by atoms with Gasteiger partial charge in [0.1, 0.15) is 5.82 Å². The second-order valence-corrected chi connectivity index (χ2v) is 4.42. The van der Waals surface area contributed by atoms with Gasteiger partial charge >= 0.3 is 0 Å². The molecule has 0 atom stereocenters. The van der Waals surface area contributed by atoms with Crippen molar-refractivity contribution in [1.82, 2.24) is 9.78 Å². The molecule has 0 aliphatic rings. The molecular formula is C12H12ClN5O2. The van der Waals surface area contributed by atoms with Gasteiger partial charge in [-0.2, -0.15) is 5.10 Å². The Morgan fingerprint density at radius 2 is 2.30 bits per heavy atom. The molecule has 0 unspecified atom stereocenters. The summed E-state index contributed by atoms with van der Waals surface area (Å²) in [5.74, 6) is -0.187. The van der Waals surface area contributed by atoms with Crippen LogP contribution in [0.3, 0.4) is 0 Å². The Morgan fingerprint density at radius 1 is 1.55 bits per heavy atom. The van der Waals surface area contributed by atoms with Crippen LogP contribution in [0.1, 0.15) is 15.9 Å². The number of aromatic nitrogens is 2. The summed E-state index contributed by atoms with van der Waals surface area (Å²) in [7, 11) is 1.63. The van der Waals surface area contributed by atoms with Gasteiger partial charge in [-0.25, -0.2) is 0 Å². The van der Waals surface area contributed by atoms with Crippen LogP contribution in [0.2, 0.25) is 5.02 Å². The molecule has 1 amide bonds. The number of hydrogen-bond donors (Lipinski definition) is 3. The fraction of sp³-hybridized carbons (Fsp3) is 0.0833. The Labute approximate surface area is 119 Å². The number of nitrogens with one attached hydrogen (secondary N) is 1. The zero-order valence-corrected chi connectivity index (χ0v) is 11.3. The van der Waals surface area contributed by atoms with Gasteiger partial charge in [-0.1, -0.05) is 22.8 Å². The molecule has 7 nitrogen and oxygen atoms in total. The van der Waals surface area contributed by atoms with Crippen molar-refractivity contribution in [2.45, 2.75) is 0 Å². The van der Waals surface area contributed by atoms with E-state index in [1.807, 2.05) is 0 Å². The number of nitrogens with zero attached hydrogens (tertiary/aromatic N) is 3. The lowest BCUT2D eigenvalue weighted by atomic mass is 10.2. The number of anilines is 1. The van der Waals surface area contributed by atoms with Crippen molar-refractivity contribution >= 4 is 29.2 Å². The highest BCUT2D eigenvalue weighted by atomic mass is 35.5. The number of amidine groups is 1. The molecule has 0 bridgehead atoms. The fourth-order valence-corrected chi connectivity index (χ4v) is 1.83. The van der Waals surface area contributed by atoms with E-state index in [9.17, 15) is 4.79 Å². The summed E-state index contributed by atoms with van der Waals surface area (Å²) in [6.45, 7) is 0. The van der Waals surface area contributed by atoms with Crippen LogP contribution >= 0.6 is 11.6 Å². The van der Waals surface area contributed by atoms with Gasteiger partial charge in [0.05, 0.1) is 11.8 Å². The number of carbonyl (C=O) groups is 1. The SMILES string of the molecule is Cn1ncc(C(N)=NO)c1NC(=O)c1cccc(Cl)c1. The molecule has 4 N–H and O–H groups in total. The van der Waals surface area contributed by atoms with Crippen molar-refractivity contribution in [3.8, 4) is 0 Å². The Balaban J connectivity index is 2.31. The van der Waals surface area contributed by atoms with Gasteiger partial charge in [-0.15, -0.1) is 0 Å².